The first-order valence-electron chi connectivity index (χ1n) is 10.4. The molecule has 1 aromatic heterocycles. The number of carbonyl (C=O) groups is 2. The Morgan fingerprint density at radius 1 is 1.00 bits per heavy atom. The van der Waals surface area contributed by atoms with Crippen molar-refractivity contribution in [2.45, 2.75) is 33.7 Å². The molecule has 1 aliphatic heterocycles. The van der Waals surface area contributed by atoms with E-state index in [-0.39, 0.29) is 27.7 Å². The second-order valence-electron chi connectivity index (χ2n) is 8.29. The van der Waals surface area contributed by atoms with Crippen molar-refractivity contribution >= 4 is 34.7 Å². The van der Waals surface area contributed by atoms with Gasteiger partial charge in [-0.2, -0.15) is 0 Å². The van der Waals surface area contributed by atoms with Crippen LogP contribution >= 0.6 is 11.6 Å². The number of halogens is 1. The Kier molecular flexibility index (Phi) is 5.80. The summed E-state index contributed by atoms with van der Waals surface area (Å²) in [7, 11) is 1.43. The Bertz CT molecular complexity index is 1300. The van der Waals surface area contributed by atoms with E-state index in [1.54, 1.807) is 31.2 Å². The Labute approximate surface area is 197 Å². The number of aryl methyl sites for hydroxylation is 4. The molecule has 33 heavy (non-hydrogen) atoms. The minimum Gasteiger partial charge on any atom is -0.507 e. The van der Waals surface area contributed by atoms with Crippen molar-refractivity contribution in [1.82, 2.24) is 0 Å². The molecule has 6 nitrogen and oxygen atoms in total. The molecular formula is C26H24ClNO5. The summed E-state index contributed by atoms with van der Waals surface area (Å²) >= 11 is 6.33. The predicted molar refractivity (Wildman–Crippen MR) is 127 cm³/mol. The fourth-order valence-electron chi connectivity index (χ4n) is 4.32. The van der Waals surface area contributed by atoms with Crippen LogP contribution in [0.5, 0.6) is 5.75 Å². The number of furan rings is 1. The lowest BCUT2D eigenvalue weighted by Gasteiger charge is -2.24. The quantitative estimate of drug-likeness (QED) is 0.299. The lowest BCUT2D eigenvalue weighted by Crippen LogP contribution is -2.29. The largest absolute Gasteiger partial charge is 0.507 e. The smallest absolute Gasteiger partial charge is 0.300 e. The molecule has 1 aliphatic rings. The molecule has 7 heteroatoms. The Morgan fingerprint density at radius 2 is 1.64 bits per heavy atom. The van der Waals surface area contributed by atoms with Gasteiger partial charge in [0, 0.05) is 5.69 Å². The van der Waals surface area contributed by atoms with Gasteiger partial charge in [0.25, 0.3) is 11.7 Å². The molecule has 0 radical (unpaired) electrons. The molecule has 2 aromatic carbocycles. The van der Waals surface area contributed by atoms with E-state index in [9.17, 15) is 14.7 Å². The zero-order valence-corrected chi connectivity index (χ0v) is 19.8. The molecule has 3 aromatic rings. The molecular weight excluding hydrogens is 442 g/mol. The van der Waals surface area contributed by atoms with Crippen molar-refractivity contribution in [3.63, 3.8) is 0 Å². The number of carbonyl (C=O) groups excluding carboxylic acids is 2. The Hall–Kier alpha value is -3.51. The van der Waals surface area contributed by atoms with Crippen molar-refractivity contribution in [3.8, 4) is 5.75 Å². The van der Waals surface area contributed by atoms with E-state index in [0.29, 0.717) is 17.2 Å². The maximum absolute atomic E-state index is 13.3. The van der Waals surface area contributed by atoms with Crippen LogP contribution in [-0.2, 0) is 9.59 Å². The molecule has 1 unspecified atom stereocenters. The number of nitrogens with zero attached hydrogens (tertiary/aromatic N) is 1. The number of Topliss-reactive ketones (excluding diaryl/α,β-unsaturated/α-hetero) is 1. The Balaban J connectivity index is 2.01. The number of hydrogen-bond donors (Lipinski definition) is 1. The van der Waals surface area contributed by atoms with Gasteiger partial charge in [0.15, 0.2) is 0 Å². The zero-order chi connectivity index (χ0) is 24.0. The van der Waals surface area contributed by atoms with E-state index >= 15 is 0 Å². The van der Waals surface area contributed by atoms with Crippen LogP contribution in [0.1, 0.15) is 39.8 Å². The third-order valence-electron chi connectivity index (χ3n) is 5.61. The van der Waals surface area contributed by atoms with Crippen LogP contribution in [-0.4, -0.2) is 23.9 Å². The topological polar surface area (TPSA) is 80.0 Å². The summed E-state index contributed by atoms with van der Waals surface area (Å²) in [6, 6.07) is 11.5. The molecule has 0 bridgehead atoms. The van der Waals surface area contributed by atoms with Gasteiger partial charge in [-0.3, -0.25) is 14.5 Å². The van der Waals surface area contributed by atoms with Crippen molar-refractivity contribution in [1.29, 1.82) is 0 Å². The number of rotatable bonds is 4. The van der Waals surface area contributed by atoms with Crippen LogP contribution in [0.2, 0.25) is 5.02 Å². The van der Waals surface area contributed by atoms with Gasteiger partial charge < -0.3 is 14.3 Å². The number of ether oxygens (including phenoxy) is 1. The van der Waals surface area contributed by atoms with E-state index in [2.05, 4.69) is 0 Å². The third-order valence-corrected chi connectivity index (χ3v) is 5.89. The van der Waals surface area contributed by atoms with E-state index < -0.39 is 17.7 Å². The molecule has 1 N–H and O–H groups in total. The molecule has 0 spiro atoms. The number of methoxy groups -OCH3 is 1. The van der Waals surface area contributed by atoms with Gasteiger partial charge in [0.2, 0.25) is 0 Å². The lowest BCUT2D eigenvalue weighted by atomic mass is 9.97. The lowest BCUT2D eigenvalue weighted by molar-refractivity contribution is -0.132. The minimum atomic E-state index is -0.955. The number of anilines is 1. The molecule has 0 saturated carbocycles. The first kappa shape index (κ1) is 22.7. The summed E-state index contributed by atoms with van der Waals surface area (Å²) in [5.41, 5.74) is 3.32. The van der Waals surface area contributed by atoms with Crippen LogP contribution in [0.3, 0.4) is 0 Å². The highest BCUT2D eigenvalue weighted by molar-refractivity contribution is 6.51. The first-order chi connectivity index (χ1) is 15.6. The molecule has 1 saturated heterocycles. The Morgan fingerprint density at radius 3 is 2.21 bits per heavy atom. The second-order valence-corrected chi connectivity index (χ2v) is 8.70. The maximum Gasteiger partial charge on any atom is 0.300 e. The summed E-state index contributed by atoms with van der Waals surface area (Å²) in [6.45, 7) is 7.41. The highest BCUT2D eigenvalue weighted by Crippen LogP contribution is 2.45. The van der Waals surface area contributed by atoms with Gasteiger partial charge in [-0.25, -0.2) is 0 Å². The SMILES string of the molecule is COc1c(Cl)cc(C)cc1/C(O)=C1\C(=O)C(=O)N(c2cc(C)cc(C)c2)C1c1ccc(C)o1. The zero-order valence-electron chi connectivity index (χ0n) is 19.0. The fraction of sp³-hybridized carbons (Fsp3) is 0.231. The fourth-order valence-corrected chi connectivity index (χ4v) is 4.67. The predicted octanol–water partition coefficient (Wildman–Crippen LogP) is 5.80. The average molecular weight is 466 g/mol. The van der Waals surface area contributed by atoms with Gasteiger partial charge in [0.05, 0.1) is 23.3 Å². The minimum absolute atomic E-state index is 0.0894. The standard InChI is InChI=1S/C26H24ClNO5/c1-13-8-14(2)10-17(9-13)28-22(20-7-6-16(4)33-20)21(24(30)26(28)31)23(29)18-11-15(3)12-19(27)25(18)32-5/h6-12,22,29H,1-5H3/b23-21+. The summed E-state index contributed by atoms with van der Waals surface area (Å²) in [4.78, 5) is 28.0. The summed E-state index contributed by atoms with van der Waals surface area (Å²) in [6.07, 6.45) is 0. The molecule has 1 fully saturated rings. The monoisotopic (exact) mass is 465 g/mol. The van der Waals surface area contributed by atoms with Gasteiger partial charge in [-0.1, -0.05) is 17.7 Å². The van der Waals surface area contributed by atoms with Gasteiger partial charge >= 0.3 is 0 Å². The summed E-state index contributed by atoms with van der Waals surface area (Å²) in [5.74, 6) is -0.741. The summed E-state index contributed by atoms with van der Waals surface area (Å²) in [5, 5.41) is 11.7. The average Bonchev–Trinajstić information content (AvgIpc) is 3.27. The molecule has 0 aliphatic carbocycles. The van der Waals surface area contributed by atoms with Crippen molar-refractivity contribution in [2.24, 2.45) is 0 Å². The highest BCUT2D eigenvalue weighted by atomic mass is 35.5. The number of aliphatic hydroxyl groups is 1. The van der Waals surface area contributed by atoms with Crippen LogP contribution in [0.15, 0.2) is 52.5 Å². The van der Waals surface area contributed by atoms with Gasteiger partial charge in [-0.05, 0) is 80.8 Å². The normalized spacial score (nSPS) is 17.6. The van der Waals surface area contributed by atoms with Crippen molar-refractivity contribution in [3.05, 3.63) is 86.8 Å². The van der Waals surface area contributed by atoms with Crippen LogP contribution in [0, 0.1) is 27.7 Å². The number of ketones is 1. The number of aliphatic hydroxyl groups excluding tert-OH is 1. The molecule has 2 heterocycles. The third kappa shape index (κ3) is 3.91. The van der Waals surface area contributed by atoms with Crippen LogP contribution < -0.4 is 9.64 Å². The molecule has 4 rings (SSSR count). The molecule has 1 atom stereocenters. The van der Waals surface area contributed by atoms with E-state index in [4.69, 9.17) is 20.8 Å². The van der Waals surface area contributed by atoms with E-state index in [1.165, 1.54) is 12.0 Å². The number of amides is 1. The van der Waals surface area contributed by atoms with Gasteiger partial charge in [0.1, 0.15) is 29.1 Å². The van der Waals surface area contributed by atoms with Gasteiger partial charge in [-0.15, -0.1) is 0 Å². The van der Waals surface area contributed by atoms with Crippen molar-refractivity contribution in [2.75, 3.05) is 12.0 Å². The van der Waals surface area contributed by atoms with Crippen LogP contribution in [0.4, 0.5) is 5.69 Å². The maximum atomic E-state index is 13.3. The molecule has 170 valence electrons. The second kappa shape index (κ2) is 8.45. The van der Waals surface area contributed by atoms with Crippen LogP contribution in [0.25, 0.3) is 5.76 Å². The van der Waals surface area contributed by atoms with E-state index in [1.807, 2.05) is 39.0 Å². The number of benzene rings is 2. The van der Waals surface area contributed by atoms with E-state index in [0.717, 1.165) is 16.7 Å². The summed E-state index contributed by atoms with van der Waals surface area (Å²) < 4.78 is 11.3. The van der Waals surface area contributed by atoms with Crippen molar-refractivity contribution < 1.29 is 23.8 Å². The number of hydrogen-bond acceptors (Lipinski definition) is 5. The first-order valence-corrected chi connectivity index (χ1v) is 10.8. The highest BCUT2D eigenvalue weighted by Gasteiger charge is 2.48. The molecule has 1 amide bonds.